The van der Waals surface area contributed by atoms with E-state index in [0.29, 0.717) is 33.5 Å². The molecule has 2 aromatic carbocycles. The number of primary amides is 1. The lowest BCUT2D eigenvalue weighted by Crippen LogP contribution is -2.13. The molecule has 2 N–H and O–H groups in total. The fraction of sp³-hybridized carbons (Fsp3) is 0.0455. The Kier molecular flexibility index (Phi) is 4.36. The lowest BCUT2D eigenvalue weighted by atomic mass is 10.1. The van der Waals surface area contributed by atoms with E-state index in [0.717, 1.165) is 5.39 Å². The summed E-state index contributed by atoms with van der Waals surface area (Å²) >= 11 is 0. The second-order valence-corrected chi connectivity index (χ2v) is 6.95. The van der Waals surface area contributed by atoms with E-state index in [2.05, 4.69) is 20.3 Å². The smallest absolute Gasteiger partial charge is 0.251 e. The Balaban J connectivity index is 1.59. The van der Waals surface area contributed by atoms with Crippen LogP contribution in [0.4, 0.5) is 8.78 Å². The lowest BCUT2D eigenvalue weighted by Gasteiger charge is -2.08. The topological polar surface area (TPSA) is 99.6 Å². The summed E-state index contributed by atoms with van der Waals surface area (Å²) < 4.78 is 30.3. The summed E-state index contributed by atoms with van der Waals surface area (Å²) in [6.07, 6.45) is 1.60. The van der Waals surface area contributed by atoms with Crippen molar-refractivity contribution in [2.75, 3.05) is 0 Å². The van der Waals surface area contributed by atoms with E-state index in [-0.39, 0.29) is 12.1 Å². The third-order valence-corrected chi connectivity index (χ3v) is 5.02. The minimum atomic E-state index is -0.847. The number of amides is 1. The van der Waals surface area contributed by atoms with Crippen LogP contribution in [0.2, 0.25) is 0 Å². The van der Waals surface area contributed by atoms with E-state index < -0.39 is 17.5 Å². The molecule has 5 rings (SSSR count). The molecule has 0 atom stereocenters. The normalized spacial score (nSPS) is 11.3. The van der Waals surface area contributed by atoms with Gasteiger partial charge in [0, 0.05) is 22.7 Å². The fourth-order valence-corrected chi connectivity index (χ4v) is 3.48. The first-order valence-electron chi connectivity index (χ1n) is 9.33. The van der Waals surface area contributed by atoms with Crippen molar-refractivity contribution in [3.8, 4) is 11.3 Å². The van der Waals surface area contributed by atoms with E-state index >= 15 is 0 Å². The van der Waals surface area contributed by atoms with Gasteiger partial charge in [0.2, 0.25) is 0 Å². The molecule has 0 radical (unpaired) electrons. The molecule has 0 aliphatic rings. The zero-order chi connectivity index (χ0) is 21.5. The van der Waals surface area contributed by atoms with Gasteiger partial charge in [-0.25, -0.2) is 18.4 Å². The number of fused-ring (bicyclic) bond motifs is 2. The maximum absolute atomic E-state index is 14.6. The molecule has 7 nitrogen and oxygen atoms in total. The van der Waals surface area contributed by atoms with Crippen LogP contribution in [0.15, 0.2) is 60.8 Å². The van der Waals surface area contributed by atoms with Gasteiger partial charge in [0.15, 0.2) is 5.65 Å². The third-order valence-electron chi connectivity index (χ3n) is 5.02. The number of carbonyl (C=O) groups excluding carboxylic acids is 1. The van der Waals surface area contributed by atoms with Gasteiger partial charge in [-0.05, 0) is 42.5 Å². The predicted molar refractivity (Wildman–Crippen MR) is 110 cm³/mol. The molecular weight excluding hydrogens is 402 g/mol. The van der Waals surface area contributed by atoms with Crippen LogP contribution in [-0.4, -0.2) is 30.9 Å². The maximum atomic E-state index is 14.6. The molecule has 0 spiro atoms. The first-order valence-corrected chi connectivity index (χ1v) is 9.33. The molecule has 3 aromatic heterocycles. The zero-order valence-corrected chi connectivity index (χ0v) is 16.0. The predicted octanol–water partition coefficient (Wildman–Crippen LogP) is 3.47. The molecule has 31 heavy (non-hydrogen) atoms. The summed E-state index contributed by atoms with van der Waals surface area (Å²) in [6.45, 7) is 0.0715. The summed E-state index contributed by atoms with van der Waals surface area (Å²) in [5.41, 5.74) is 7.68. The number of pyridine rings is 2. The fourth-order valence-electron chi connectivity index (χ4n) is 3.48. The van der Waals surface area contributed by atoms with Crippen LogP contribution < -0.4 is 5.73 Å². The Morgan fingerprint density at radius 3 is 2.71 bits per heavy atom. The molecule has 1 amide bonds. The van der Waals surface area contributed by atoms with E-state index in [9.17, 15) is 13.6 Å². The summed E-state index contributed by atoms with van der Waals surface area (Å²) in [4.78, 5) is 20.1. The highest BCUT2D eigenvalue weighted by Crippen LogP contribution is 2.24. The van der Waals surface area contributed by atoms with Crippen molar-refractivity contribution in [2.24, 2.45) is 5.73 Å². The van der Waals surface area contributed by atoms with Crippen LogP contribution in [-0.2, 0) is 6.54 Å². The van der Waals surface area contributed by atoms with Crippen LogP contribution in [0.1, 0.15) is 15.9 Å². The molecular formula is C22H14F2N6O. The Morgan fingerprint density at radius 1 is 1.03 bits per heavy atom. The molecule has 0 saturated heterocycles. The summed E-state index contributed by atoms with van der Waals surface area (Å²) in [5.74, 6) is -1.99. The van der Waals surface area contributed by atoms with Crippen LogP contribution in [0.25, 0.3) is 33.3 Å². The second-order valence-electron chi connectivity index (χ2n) is 6.95. The molecule has 0 saturated carbocycles. The molecule has 9 heteroatoms. The number of hydrogen-bond donors (Lipinski definition) is 1. The Bertz CT molecular complexity index is 1480. The van der Waals surface area contributed by atoms with Crippen LogP contribution in [0.3, 0.4) is 0 Å². The van der Waals surface area contributed by atoms with Crippen molar-refractivity contribution in [1.29, 1.82) is 0 Å². The van der Waals surface area contributed by atoms with Crippen molar-refractivity contribution in [3.63, 3.8) is 0 Å². The van der Waals surface area contributed by atoms with Crippen molar-refractivity contribution < 1.29 is 13.6 Å². The van der Waals surface area contributed by atoms with Gasteiger partial charge >= 0.3 is 0 Å². The number of carbonyl (C=O) groups is 1. The lowest BCUT2D eigenvalue weighted by molar-refractivity contribution is 0.0996. The molecule has 0 fully saturated rings. The SMILES string of the molecule is NC(=O)c1ccc(-c2ccc3nnn(Cc4c(F)ccc5cccnc45)c3n2)cc1F. The molecule has 0 unspecified atom stereocenters. The molecule has 3 heterocycles. The van der Waals surface area contributed by atoms with Gasteiger partial charge in [0.1, 0.15) is 17.2 Å². The van der Waals surface area contributed by atoms with Crippen molar-refractivity contribution in [1.82, 2.24) is 25.0 Å². The highest BCUT2D eigenvalue weighted by molar-refractivity contribution is 5.93. The number of rotatable bonds is 4. The van der Waals surface area contributed by atoms with Gasteiger partial charge in [-0.2, -0.15) is 0 Å². The summed E-state index contributed by atoms with van der Waals surface area (Å²) in [5, 5.41) is 9.00. The zero-order valence-electron chi connectivity index (χ0n) is 16.0. The van der Waals surface area contributed by atoms with Crippen LogP contribution >= 0.6 is 0 Å². The van der Waals surface area contributed by atoms with E-state index in [1.54, 1.807) is 36.5 Å². The number of aromatic nitrogens is 5. The quantitative estimate of drug-likeness (QED) is 0.484. The van der Waals surface area contributed by atoms with E-state index in [4.69, 9.17) is 5.73 Å². The van der Waals surface area contributed by atoms with E-state index in [1.165, 1.54) is 22.9 Å². The molecule has 0 aliphatic heterocycles. The number of nitrogens with two attached hydrogens (primary N) is 1. The Labute approximate surface area is 174 Å². The maximum Gasteiger partial charge on any atom is 0.251 e. The highest BCUT2D eigenvalue weighted by Gasteiger charge is 2.15. The Morgan fingerprint density at radius 2 is 1.90 bits per heavy atom. The average Bonchev–Trinajstić information content (AvgIpc) is 3.17. The van der Waals surface area contributed by atoms with Crippen LogP contribution in [0.5, 0.6) is 0 Å². The monoisotopic (exact) mass is 416 g/mol. The summed E-state index contributed by atoms with van der Waals surface area (Å²) in [6, 6.07) is 14.1. The van der Waals surface area contributed by atoms with Crippen molar-refractivity contribution in [3.05, 3.63) is 83.6 Å². The van der Waals surface area contributed by atoms with Gasteiger partial charge in [-0.3, -0.25) is 9.78 Å². The average molecular weight is 416 g/mol. The largest absolute Gasteiger partial charge is 0.366 e. The second kappa shape index (κ2) is 7.21. The number of benzene rings is 2. The van der Waals surface area contributed by atoms with E-state index in [1.807, 2.05) is 6.07 Å². The van der Waals surface area contributed by atoms with Crippen LogP contribution in [0, 0.1) is 11.6 Å². The van der Waals surface area contributed by atoms with Gasteiger partial charge in [0.25, 0.3) is 5.91 Å². The van der Waals surface area contributed by atoms with Gasteiger partial charge < -0.3 is 5.73 Å². The summed E-state index contributed by atoms with van der Waals surface area (Å²) in [7, 11) is 0. The third kappa shape index (κ3) is 3.25. The number of halogens is 2. The molecule has 0 bridgehead atoms. The van der Waals surface area contributed by atoms with Crippen molar-refractivity contribution in [2.45, 2.75) is 6.54 Å². The molecule has 5 aromatic rings. The highest BCUT2D eigenvalue weighted by atomic mass is 19.1. The Hall–Kier alpha value is -4.27. The van der Waals surface area contributed by atoms with Gasteiger partial charge in [0.05, 0.1) is 23.3 Å². The number of nitrogens with zero attached hydrogens (tertiary/aromatic N) is 5. The minimum absolute atomic E-state index is 0.0715. The molecule has 0 aliphatic carbocycles. The minimum Gasteiger partial charge on any atom is -0.366 e. The van der Waals surface area contributed by atoms with Gasteiger partial charge in [-0.1, -0.05) is 17.3 Å². The van der Waals surface area contributed by atoms with Gasteiger partial charge in [-0.15, -0.1) is 5.10 Å². The number of hydrogen-bond acceptors (Lipinski definition) is 5. The standard InChI is InChI=1S/C22H14F2N6O/c23-16-6-4-12-2-1-9-26-20(12)15(16)11-30-22-19(28-29-30)8-7-18(27-22)13-3-5-14(21(25)31)17(24)10-13/h1-10H,11H2,(H2,25,31). The molecule has 152 valence electrons. The first kappa shape index (κ1) is 18.7. The van der Waals surface area contributed by atoms with Crippen molar-refractivity contribution >= 4 is 28.0 Å². The first-order chi connectivity index (χ1) is 15.0.